The van der Waals surface area contributed by atoms with Crippen molar-refractivity contribution in [2.75, 3.05) is 26.7 Å². The Morgan fingerprint density at radius 3 is 2.57 bits per heavy atom. The van der Waals surface area contributed by atoms with Crippen LogP contribution in [0.3, 0.4) is 0 Å². The molecule has 114 valence electrons. The third-order valence-corrected chi connectivity index (χ3v) is 4.80. The Morgan fingerprint density at radius 1 is 1.19 bits per heavy atom. The van der Waals surface area contributed by atoms with Gasteiger partial charge in [-0.3, -0.25) is 19.7 Å². The molecule has 0 N–H and O–H groups in total. The maximum Gasteiger partial charge on any atom is 0.239 e. The second-order valence-electron chi connectivity index (χ2n) is 6.32. The van der Waals surface area contributed by atoms with Crippen LogP contribution in [0, 0.1) is 6.92 Å². The minimum atomic E-state index is 0.111. The largest absolute Gasteiger partial charge is 0.341 e. The van der Waals surface area contributed by atoms with E-state index in [0.717, 1.165) is 56.7 Å². The number of aryl methyl sites for hydroxylation is 1. The van der Waals surface area contributed by atoms with Crippen LogP contribution in [0.4, 0.5) is 0 Å². The third-order valence-electron chi connectivity index (χ3n) is 4.80. The van der Waals surface area contributed by atoms with E-state index in [1.165, 1.54) is 0 Å². The smallest absolute Gasteiger partial charge is 0.239 e. The van der Waals surface area contributed by atoms with E-state index >= 15 is 0 Å². The molecule has 0 spiro atoms. The van der Waals surface area contributed by atoms with Gasteiger partial charge in [0.05, 0.1) is 17.4 Å². The van der Waals surface area contributed by atoms with Crippen LogP contribution in [0.1, 0.15) is 43.0 Å². The fourth-order valence-corrected chi connectivity index (χ4v) is 3.51. The van der Waals surface area contributed by atoms with Gasteiger partial charge in [0, 0.05) is 31.4 Å². The quantitative estimate of drug-likeness (QED) is 0.829. The van der Waals surface area contributed by atoms with E-state index in [1.54, 1.807) is 6.20 Å². The SMILES string of the molecule is Cc1cncc(C2CCN(C(=O)[C@@H]3CCCN3C)CC2)n1. The number of rotatable bonds is 2. The van der Waals surface area contributed by atoms with E-state index < -0.39 is 0 Å². The molecule has 1 aromatic heterocycles. The van der Waals surface area contributed by atoms with E-state index in [1.807, 2.05) is 18.0 Å². The zero-order valence-electron chi connectivity index (χ0n) is 13.0. The molecule has 1 aromatic rings. The van der Waals surface area contributed by atoms with Crippen molar-refractivity contribution in [3.63, 3.8) is 0 Å². The minimum absolute atomic E-state index is 0.111. The van der Waals surface area contributed by atoms with E-state index in [-0.39, 0.29) is 6.04 Å². The van der Waals surface area contributed by atoms with Crippen molar-refractivity contribution in [1.29, 1.82) is 0 Å². The van der Waals surface area contributed by atoms with Crippen LogP contribution < -0.4 is 0 Å². The Balaban J connectivity index is 1.59. The molecule has 0 aliphatic carbocycles. The number of aromatic nitrogens is 2. The molecule has 5 nitrogen and oxygen atoms in total. The van der Waals surface area contributed by atoms with Crippen molar-refractivity contribution >= 4 is 5.91 Å². The molecule has 2 aliphatic rings. The Labute approximate surface area is 126 Å². The summed E-state index contributed by atoms with van der Waals surface area (Å²) < 4.78 is 0. The lowest BCUT2D eigenvalue weighted by atomic mass is 9.93. The third kappa shape index (κ3) is 3.07. The standard InChI is InChI=1S/C16H24N4O/c1-12-10-17-11-14(18-12)13-5-8-20(9-6-13)16(21)15-4-3-7-19(15)2/h10-11,13,15H,3-9H2,1-2H3/t15-/m0/s1. The number of nitrogens with zero attached hydrogens (tertiary/aromatic N) is 4. The van der Waals surface area contributed by atoms with Gasteiger partial charge in [0.1, 0.15) is 0 Å². The summed E-state index contributed by atoms with van der Waals surface area (Å²) in [6.07, 6.45) is 7.82. The van der Waals surface area contributed by atoms with Crippen LogP contribution in [0.25, 0.3) is 0 Å². The number of likely N-dealkylation sites (tertiary alicyclic amines) is 2. The summed E-state index contributed by atoms with van der Waals surface area (Å²) in [6.45, 7) is 4.73. The number of piperidine rings is 1. The van der Waals surface area contributed by atoms with Crippen molar-refractivity contribution < 1.29 is 4.79 Å². The van der Waals surface area contributed by atoms with Crippen LogP contribution in [-0.4, -0.2) is 58.4 Å². The lowest BCUT2D eigenvalue weighted by Crippen LogP contribution is -2.47. The summed E-state index contributed by atoms with van der Waals surface area (Å²) in [4.78, 5) is 25.6. The highest BCUT2D eigenvalue weighted by Crippen LogP contribution is 2.28. The zero-order valence-corrected chi connectivity index (χ0v) is 13.0. The van der Waals surface area contributed by atoms with Crippen molar-refractivity contribution in [1.82, 2.24) is 19.8 Å². The fraction of sp³-hybridized carbons (Fsp3) is 0.688. The molecular formula is C16H24N4O. The Kier molecular flexibility index (Phi) is 4.19. The van der Waals surface area contributed by atoms with Gasteiger partial charge >= 0.3 is 0 Å². The fourth-order valence-electron chi connectivity index (χ4n) is 3.51. The highest BCUT2D eigenvalue weighted by atomic mass is 16.2. The van der Waals surface area contributed by atoms with E-state index in [0.29, 0.717) is 11.8 Å². The summed E-state index contributed by atoms with van der Waals surface area (Å²) in [5, 5.41) is 0. The maximum absolute atomic E-state index is 12.6. The number of hydrogen-bond acceptors (Lipinski definition) is 4. The van der Waals surface area contributed by atoms with Gasteiger partial charge in [-0.2, -0.15) is 0 Å². The van der Waals surface area contributed by atoms with Gasteiger partial charge < -0.3 is 4.90 Å². The van der Waals surface area contributed by atoms with Gasteiger partial charge in [0.2, 0.25) is 5.91 Å². The molecule has 2 saturated heterocycles. The number of likely N-dealkylation sites (N-methyl/N-ethyl adjacent to an activating group) is 1. The van der Waals surface area contributed by atoms with Crippen LogP contribution in [0.2, 0.25) is 0 Å². The molecule has 0 unspecified atom stereocenters. The molecule has 5 heteroatoms. The first-order valence-electron chi connectivity index (χ1n) is 7.92. The van der Waals surface area contributed by atoms with Crippen LogP contribution in [-0.2, 0) is 4.79 Å². The molecule has 1 atom stereocenters. The predicted molar refractivity (Wildman–Crippen MR) is 81.0 cm³/mol. The molecule has 21 heavy (non-hydrogen) atoms. The molecule has 3 heterocycles. The Morgan fingerprint density at radius 2 is 1.95 bits per heavy atom. The molecule has 2 aliphatic heterocycles. The molecular weight excluding hydrogens is 264 g/mol. The van der Waals surface area contributed by atoms with Gasteiger partial charge in [0.25, 0.3) is 0 Å². The number of hydrogen-bond donors (Lipinski definition) is 0. The van der Waals surface area contributed by atoms with Gasteiger partial charge in [0.15, 0.2) is 0 Å². The molecule has 2 fully saturated rings. The number of amides is 1. The van der Waals surface area contributed by atoms with Crippen LogP contribution in [0.15, 0.2) is 12.4 Å². The summed E-state index contributed by atoms with van der Waals surface area (Å²) in [7, 11) is 2.06. The number of carbonyl (C=O) groups excluding carboxylic acids is 1. The summed E-state index contributed by atoms with van der Waals surface area (Å²) in [6, 6.07) is 0.111. The maximum atomic E-state index is 12.6. The van der Waals surface area contributed by atoms with E-state index in [2.05, 4.69) is 21.9 Å². The highest BCUT2D eigenvalue weighted by Gasteiger charge is 2.33. The van der Waals surface area contributed by atoms with Crippen LogP contribution in [0.5, 0.6) is 0 Å². The van der Waals surface area contributed by atoms with Gasteiger partial charge in [-0.1, -0.05) is 0 Å². The van der Waals surface area contributed by atoms with Crippen molar-refractivity contribution in [2.45, 2.75) is 44.6 Å². The topological polar surface area (TPSA) is 49.3 Å². The highest BCUT2D eigenvalue weighted by molar-refractivity contribution is 5.82. The monoisotopic (exact) mass is 288 g/mol. The molecule has 0 radical (unpaired) electrons. The molecule has 0 saturated carbocycles. The molecule has 0 bridgehead atoms. The second kappa shape index (κ2) is 6.10. The van der Waals surface area contributed by atoms with Crippen molar-refractivity contribution in [3.05, 3.63) is 23.8 Å². The predicted octanol–water partition coefficient (Wildman–Crippen LogP) is 1.59. The number of carbonyl (C=O) groups is 1. The van der Waals surface area contributed by atoms with Crippen molar-refractivity contribution in [3.8, 4) is 0 Å². The summed E-state index contributed by atoms with van der Waals surface area (Å²) >= 11 is 0. The molecule has 0 aromatic carbocycles. The Hall–Kier alpha value is -1.49. The lowest BCUT2D eigenvalue weighted by Gasteiger charge is -2.34. The minimum Gasteiger partial charge on any atom is -0.341 e. The van der Waals surface area contributed by atoms with Gasteiger partial charge in [-0.25, -0.2) is 0 Å². The zero-order chi connectivity index (χ0) is 14.8. The molecule has 3 rings (SSSR count). The first kappa shape index (κ1) is 14.4. The average Bonchev–Trinajstić information content (AvgIpc) is 2.93. The van der Waals surface area contributed by atoms with Gasteiger partial charge in [-0.05, 0) is 46.2 Å². The normalized spacial score (nSPS) is 24.5. The second-order valence-corrected chi connectivity index (χ2v) is 6.32. The lowest BCUT2D eigenvalue weighted by molar-refractivity contribution is -0.136. The van der Waals surface area contributed by atoms with Gasteiger partial charge in [-0.15, -0.1) is 0 Å². The molecule has 1 amide bonds. The van der Waals surface area contributed by atoms with Crippen molar-refractivity contribution in [2.24, 2.45) is 0 Å². The van der Waals surface area contributed by atoms with E-state index in [9.17, 15) is 4.79 Å². The average molecular weight is 288 g/mol. The van der Waals surface area contributed by atoms with Crippen LogP contribution >= 0.6 is 0 Å². The summed E-state index contributed by atoms with van der Waals surface area (Å²) in [5.74, 6) is 0.770. The first-order chi connectivity index (χ1) is 10.1. The first-order valence-corrected chi connectivity index (χ1v) is 7.92. The van der Waals surface area contributed by atoms with E-state index in [4.69, 9.17) is 0 Å². The Bertz CT molecular complexity index is 511. The summed E-state index contributed by atoms with van der Waals surface area (Å²) in [5.41, 5.74) is 2.05.